The van der Waals surface area contributed by atoms with E-state index in [4.69, 9.17) is 0 Å². The van der Waals surface area contributed by atoms with Crippen LogP contribution in [0.5, 0.6) is 0 Å². The number of carbonyl (C=O) groups is 1. The molecule has 0 aliphatic heterocycles. The molecule has 1 rings (SSSR count). The first-order valence-electron chi connectivity index (χ1n) is 4.70. The molecule has 0 bridgehead atoms. The highest BCUT2D eigenvalue weighted by atomic mass is 32.2. The second-order valence-electron chi connectivity index (χ2n) is 3.00. The highest BCUT2D eigenvalue weighted by Gasteiger charge is 2.04. The standard InChI is InChI=1S/C11H12O3S2/c1-2-16(13,14)9-8-15-11(12)10-6-4-3-5-7-10/h3-9H,2H2,1H3/b9-8+. The Hall–Kier alpha value is -1.07. The second-order valence-corrected chi connectivity index (χ2v) is 6.05. The van der Waals surface area contributed by atoms with Gasteiger partial charge in [0.15, 0.2) is 9.84 Å². The first kappa shape index (κ1) is 13.0. The van der Waals surface area contributed by atoms with Crippen LogP contribution in [-0.2, 0) is 9.84 Å². The average molecular weight is 256 g/mol. The van der Waals surface area contributed by atoms with Crippen LogP contribution in [0.25, 0.3) is 0 Å². The largest absolute Gasteiger partial charge is 0.281 e. The normalized spacial score (nSPS) is 11.8. The summed E-state index contributed by atoms with van der Waals surface area (Å²) in [5, 5.41) is 2.22. The van der Waals surface area contributed by atoms with Crippen LogP contribution >= 0.6 is 11.8 Å². The zero-order chi connectivity index (χ0) is 12.0. The lowest BCUT2D eigenvalue weighted by atomic mass is 10.2. The fourth-order valence-electron chi connectivity index (χ4n) is 0.913. The monoisotopic (exact) mass is 256 g/mol. The zero-order valence-electron chi connectivity index (χ0n) is 8.79. The van der Waals surface area contributed by atoms with Crippen molar-refractivity contribution >= 4 is 26.7 Å². The Morgan fingerprint density at radius 2 is 1.94 bits per heavy atom. The Bertz CT molecular complexity index is 475. The van der Waals surface area contributed by atoms with Gasteiger partial charge in [-0.15, -0.1) is 0 Å². The predicted molar refractivity (Wildman–Crippen MR) is 67.0 cm³/mol. The SMILES string of the molecule is CCS(=O)(=O)/C=C/SC(=O)c1ccccc1. The summed E-state index contributed by atoms with van der Waals surface area (Å²) in [6.07, 6.45) is 0. The second kappa shape index (κ2) is 5.86. The number of benzene rings is 1. The van der Waals surface area contributed by atoms with E-state index >= 15 is 0 Å². The Morgan fingerprint density at radius 3 is 2.50 bits per heavy atom. The van der Waals surface area contributed by atoms with E-state index in [0.29, 0.717) is 5.56 Å². The number of thioether (sulfide) groups is 1. The minimum atomic E-state index is -3.15. The van der Waals surface area contributed by atoms with Crippen molar-refractivity contribution in [2.24, 2.45) is 0 Å². The molecule has 0 fully saturated rings. The summed E-state index contributed by atoms with van der Waals surface area (Å²) in [6.45, 7) is 1.56. The van der Waals surface area contributed by atoms with Crippen molar-refractivity contribution in [3.05, 3.63) is 46.7 Å². The van der Waals surface area contributed by atoms with Crippen molar-refractivity contribution in [2.45, 2.75) is 6.92 Å². The Morgan fingerprint density at radius 1 is 1.31 bits per heavy atom. The third-order valence-corrected chi connectivity index (χ3v) is 4.10. The van der Waals surface area contributed by atoms with E-state index in [2.05, 4.69) is 0 Å². The van der Waals surface area contributed by atoms with Crippen LogP contribution in [0.4, 0.5) is 0 Å². The summed E-state index contributed by atoms with van der Waals surface area (Å²) in [5.41, 5.74) is 0.561. The van der Waals surface area contributed by atoms with Crippen LogP contribution < -0.4 is 0 Å². The predicted octanol–water partition coefficient (Wildman–Crippen LogP) is 2.47. The Labute approximate surface area is 99.5 Å². The molecule has 1 aromatic rings. The van der Waals surface area contributed by atoms with E-state index in [1.165, 1.54) is 5.41 Å². The fourth-order valence-corrected chi connectivity index (χ4v) is 2.40. The van der Waals surface area contributed by atoms with Gasteiger partial charge in [0.1, 0.15) is 0 Å². The van der Waals surface area contributed by atoms with Gasteiger partial charge in [0.2, 0.25) is 5.12 Å². The molecule has 0 amide bonds. The molecule has 0 aliphatic carbocycles. The third kappa shape index (κ3) is 4.20. The third-order valence-electron chi connectivity index (χ3n) is 1.85. The highest BCUT2D eigenvalue weighted by molar-refractivity contribution is 8.17. The van der Waals surface area contributed by atoms with E-state index in [0.717, 1.165) is 17.2 Å². The van der Waals surface area contributed by atoms with Crippen molar-refractivity contribution in [3.63, 3.8) is 0 Å². The van der Waals surface area contributed by atoms with Crippen molar-refractivity contribution in [3.8, 4) is 0 Å². The number of sulfone groups is 1. The molecule has 16 heavy (non-hydrogen) atoms. The fraction of sp³-hybridized carbons (Fsp3) is 0.182. The smallest absolute Gasteiger partial charge is 0.223 e. The molecule has 0 heterocycles. The lowest BCUT2D eigenvalue weighted by molar-refractivity contribution is 0.109. The van der Waals surface area contributed by atoms with Crippen LogP contribution in [0.1, 0.15) is 17.3 Å². The maximum Gasteiger partial charge on any atom is 0.223 e. The van der Waals surface area contributed by atoms with Crippen LogP contribution in [0.3, 0.4) is 0 Å². The van der Waals surface area contributed by atoms with Gasteiger partial charge in [0.25, 0.3) is 0 Å². The molecule has 86 valence electrons. The summed E-state index contributed by atoms with van der Waals surface area (Å²) in [6, 6.07) is 8.73. The molecule has 1 aromatic carbocycles. The number of hydrogen-bond acceptors (Lipinski definition) is 4. The molecule has 0 saturated carbocycles. The lowest BCUT2D eigenvalue weighted by Gasteiger charge is -1.95. The van der Waals surface area contributed by atoms with Crippen LogP contribution in [-0.4, -0.2) is 19.3 Å². The van der Waals surface area contributed by atoms with Crippen molar-refractivity contribution in [1.29, 1.82) is 0 Å². The average Bonchev–Trinajstić information content (AvgIpc) is 2.30. The van der Waals surface area contributed by atoms with Crippen molar-refractivity contribution in [1.82, 2.24) is 0 Å². The molecule has 0 aliphatic rings. The van der Waals surface area contributed by atoms with Gasteiger partial charge in [-0.3, -0.25) is 4.79 Å². The van der Waals surface area contributed by atoms with Gasteiger partial charge in [-0.25, -0.2) is 8.42 Å². The molecule has 0 atom stereocenters. The topological polar surface area (TPSA) is 51.2 Å². The summed E-state index contributed by atoms with van der Waals surface area (Å²) in [5.74, 6) is 0.0452. The van der Waals surface area contributed by atoms with Crippen LogP contribution in [0.15, 0.2) is 41.1 Å². The van der Waals surface area contributed by atoms with Gasteiger partial charge in [-0.2, -0.15) is 0 Å². The minimum Gasteiger partial charge on any atom is -0.281 e. The van der Waals surface area contributed by atoms with Gasteiger partial charge >= 0.3 is 0 Å². The van der Waals surface area contributed by atoms with Crippen molar-refractivity contribution in [2.75, 3.05) is 5.75 Å². The zero-order valence-corrected chi connectivity index (χ0v) is 10.4. The molecular formula is C11H12O3S2. The molecule has 0 aromatic heterocycles. The van der Waals surface area contributed by atoms with Gasteiger partial charge in [0, 0.05) is 11.0 Å². The molecule has 0 saturated heterocycles. The van der Waals surface area contributed by atoms with Crippen molar-refractivity contribution < 1.29 is 13.2 Å². The molecule has 3 nitrogen and oxygen atoms in total. The Balaban J connectivity index is 2.61. The maximum atomic E-state index is 11.5. The first-order valence-corrected chi connectivity index (χ1v) is 7.30. The van der Waals surface area contributed by atoms with E-state index in [1.807, 2.05) is 6.07 Å². The maximum absolute atomic E-state index is 11.5. The molecule has 0 spiro atoms. The van der Waals surface area contributed by atoms with Gasteiger partial charge in [-0.05, 0) is 5.41 Å². The summed E-state index contributed by atoms with van der Waals surface area (Å²) < 4.78 is 22.2. The van der Waals surface area contributed by atoms with E-state index in [9.17, 15) is 13.2 Å². The van der Waals surface area contributed by atoms with Gasteiger partial charge < -0.3 is 0 Å². The van der Waals surface area contributed by atoms with E-state index in [1.54, 1.807) is 31.2 Å². The summed E-state index contributed by atoms with van der Waals surface area (Å²) in [4.78, 5) is 11.5. The molecule has 0 N–H and O–H groups in total. The van der Waals surface area contributed by atoms with E-state index < -0.39 is 9.84 Å². The Kier molecular flexibility index (Phi) is 4.76. The molecule has 5 heteroatoms. The first-order chi connectivity index (χ1) is 7.55. The van der Waals surface area contributed by atoms with Gasteiger partial charge in [0.05, 0.1) is 5.75 Å². The quantitative estimate of drug-likeness (QED) is 0.830. The van der Waals surface area contributed by atoms with Crippen LogP contribution in [0.2, 0.25) is 0 Å². The highest BCUT2D eigenvalue weighted by Crippen LogP contribution is 2.13. The summed E-state index contributed by atoms with van der Waals surface area (Å²) >= 11 is 0.873. The number of rotatable bonds is 4. The van der Waals surface area contributed by atoms with Crippen LogP contribution in [0, 0.1) is 0 Å². The number of hydrogen-bond donors (Lipinski definition) is 0. The number of carbonyl (C=O) groups excluding carboxylic acids is 1. The lowest BCUT2D eigenvalue weighted by Crippen LogP contribution is -1.97. The molecular weight excluding hydrogens is 244 g/mol. The van der Waals surface area contributed by atoms with Gasteiger partial charge in [-0.1, -0.05) is 49.0 Å². The minimum absolute atomic E-state index is 0.0452. The molecule has 0 radical (unpaired) electrons. The summed E-state index contributed by atoms with van der Waals surface area (Å²) in [7, 11) is -3.15. The van der Waals surface area contributed by atoms with E-state index in [-0.39, 0.29) is 10.9 Å². The molecule has 0 unspecified atom stereocenters.